The topological polar surface area (TPSA) is 50.2 Å². The fourth-order valence-corrected chi connectivity index (χ4v) is 1.29. The van der Waals surface area contributed by atoms with Crippen LogP contribution in [-0.4, -0.2) is 16.1 Å². The lowest BCUT2D eigenvalue weighted by Crippen LogP contribution is -2.07. The second-order valence-electron chi connectivity index (χ2n) is 2.91. The Labute approximate surface area is 83.0 Å². The molecule has 5 heteroatoms. The van der Waals surface area contributed by atoms with Crippen LogP contribution >= 0.6 is 0 Å². The number of halogens is 2. The lowest BCUT2D eigenvalue weighted by Gasteiger charge is -2.02. The van der Waals surface area contributed by atoms with Crippen LogP contribution in [0.4, 0.5) is 8.78 Å². The minimum absolute atomic E-state index is 0.0278. The molecule has 0 atom stereocenters. The molecule has 0 aliphatic carbocycles. The summed E-state index contributed by atoms with van der Waals surface area (Å²) in [6, 6.07) is 5.85. The second-order valence-corrected chi connectivity index (χ2v) is 2.91. The number of pyridine rings is 1. The Kier molecular flexibility index (Phi) is 2.07. The molecule has 0 spiro atoms. The highest BCUT2D eigenvalue weighted by atomic mass is 19.2. The van der Waals surface area contributed by atoms with Gasteiger partial charge in [-0.2, -0.15) is 0 Å². The van der Waals surface area contributed by atoms with Crippen LogP contribution in [0.15, 0.2) is 24.3 Å². The molecule has 1 heterocycles. The maximum atomic E-state index is 13.3. The first kappa shape index (κ1) is 9.51. The highest BCUT2D eigenvalue weighted by Gasteiger charge is 2.19. The monoisotopic (exact) mass is 209 g/mol. The van der Waals surface area contributed by atoms with E-state index >= 15 is 0 Å². The summed E-state index contributed by atoms with van der Waals surface area (Å²) in [5, 5.41) is 8.55. The highest BCUT2D eigenvalue weighted by Crippen LogP contribution is 2.20. The van der Waals surface area contributed by atoms with Gasteiger partial charge in [-0.3, -0.25) is 0 Å². The van der Waals surface area contributed by atoms with Gasteiger partial charge in [0.2, 0.25) is 0 Å². The number of carboxylic acid groups (broad SMARTS) is 1. The van der Waals surface area contributed by atoms with Crippen molar-refractivity contribution in [3.05, 3.63) is 41.6 Å². The van der Waals surface area contributed by atoms with E-state index in [0.29, 0.717) is 0 Å². The van der Waals surface area contributed by atoms with Crippen LogP contribution in [0.25, 0.3) is 10.9 Å². The first-order chi connectivity index (χ1) is 7.11. The standard InChI is InChI=1S/C10H5F2NO2/c11-7-5-3-1-2-4-6(5)13-9(8(7)12)10(14)15/h1-4H,(H,14,15). The van der Waals surface area contributed by atoms with Gasteiger partial charge in [-0.25, -0.2) is 18.6 Å². The van der Waals surface area contributed by atoms with Gasteiger partial charge >= 0.3 is 5.97 Å². The van der Waals surface area contributed by atoms with E-state index in [1.165, 1.54) is 18.2 Å². The molecule has 3 nitrogen and oxygen atoms in total. The van der Waals surface area contributed by atoms with Crippen molar-refractivity contribution in [1.29, 1.82) is 0 Å². The molecule has 2 aromatic rings. The fourth-order valence-electron chi connectivity index (χ4n) is 1.29. The average molecular weight is 209 g/mol. The van der Waals surface area contributed by atoms with Gasteiger partial charge in [0, 0.05) is 5.39 Å². The molecule has 76 valence electrons. The zero-order valence-electron chi connectivity index (χ0n) is 7.37. The van der Waals surface area contributed by atoms with Crippen LogP contribution in [0, 0.1) is 11.6 Å². The average Bonchev–Trinajstić information content (AvgIpc) is 2.23. The molecule has 1 aromatic heterocycles. The fraction of sp³-hybridized carbons (Fsp3) is 0. The summed E-state index contributed by atoms with van der Waals surface area (Å²) in [7, 11) is 0. The Hall–Kier alpha value is -2.04. The summed E-state index contributed by atoms with van der Waals surface area (Å²) in [5.74, 6) is -4.20. The molecule has 0 unspecified atom stereocenters. The van der Waals surface area contributed by atoms with Crippen molar-refractivity contribution in [1.82, 2.24) is 4.98 Å². The number of hydrogen-bond acceptors (Lipinski definition) is 2. The molecule has 1 N–H and O–H groups in total. The maximum absolute atomic E-state index is 13.3. The zero-order valence-corrected chi connectivity index (χ0v) is 7.37. The number of nitrogens with zero attached hydrogens (tertiary/aromatic N) is 1. The van der Waals surface area contributed by atoms with Gasteiger partial charge < -0.3 is 5.11 Å². The Bertz CT molecular complexity index is 554. The molecule has 0 radical (unpaired) electrons. The van der Waals surface area contributed by atoms with Crippen LogP contribution in [0.5, 0.6) is 0 Å². The van der Waals surface area contributed by atoms with Gasteiger partial charge in [-0.15, -0.1) is 0 Å². The van der Waals surface area contributed by atoms with E-state index in [9.17, 15) is 13.6 Å². The number of fused-ring (bicyclic) bond motifs is 1. The van der Waals surface area contributed by atoms with Gasteiger partial charge in [-0.05, 0) is 12.1 Å². The summed E-state index contributed by atoms with van der Waals surface area (Å²) in [4.78, 5) is 14.1. The zero-order chi connectivity index (χ0) is 11.0. The van der Waals surface area contributed by atoms with Crippen LogP contribution in [-0.2, 0) is 0 Å². The largest absolute Gasteiger partial charge is 0.476 e. The number of para-hydroxylation sites is 1. The van der Waals surface area contributed by atoms with E-state index < -0.39 is 23.3 Å². The molecule has 0 saturated carbocycles. The number of hydrogen-bond donors (Lipinski definition) is 1. The minimum Gasteiger partial charge on any atom is -0.476 e. The van der Waals surface area contributed by atoms with Crippen LogP contribution in [0.3, 0.4) is 0 Å². The smallest absolute Gasteiger partial charge is 0.357 e. The number of rotatable bonds is 1. The maximum Gasteiger partial charge on any atom is 0.357 e. The highest BCUT2D eigenvalue weighted by molar-refractivity contribution is 5.90. The van der Waals surface area contributed by atoms with E-state index in [0.717, 1.165) is 0 Å². The molecule has 0 aliphatic heterocycles. The molecule has 0 bridgehead atoms. The quantitative estimate of drug-likeness (QED) is 0.783. The first-order valence-electron chi connectivity index (χ1n) is 4.08. The van der Waals surface area contributed by atoms with Crippen LogP contribution in [0.2, 0.25) is 0 Å². The second kappa shape index (κ2) is 3.27. The molecule has 0 saturated heterocycles. The van der Waals surface area contributed by atoms with Gasteiger partial charge in [-0.1, -0.05) is 12.1 Å². The SMILES string of the molecule is O=C(O)c1nc2ccccc2c(F)c1F. The Morgan fingerprint density at radius 3 is 2.53 bits per heavy atom. The van der Waals surface area contributed by atoms with Crippen molar-refractivity contribution in [2.24, 2.45) is 0 Å². The Morgan fingerprint density at radius 2 is 1.87 bits per heavy atom. The number of aromatic nitrogens is 1. The number of carboxylic acids is 1. The molecule has 15 heavy (non-hydrogen) atoms. The summed E-state index contributed by atoms with van der Waals surface area (Å²) >= 11 is 0. The molecular weight excluding hydrogens is 204 g/mol. The number of benzene rings is 1. The van der Waals surface area contributed by atoms with Crippen LogP contribution < -0.4 is 0 Å². The Balaban J connectivity index is 2.88. The van der Waals surface area contributed by atoms with Crippen LogP contribution in [0.1, 0.15) is 10.5 Å². The van der Waals surface area contributed by atoms with Crippen molar-refractivity contribution in [2.45, 2.75) is 0 Å². The lowest BCUT2D eigenvalue weighted by molar-refractivity contribution is 0.0684. The summed E-state index contributed by atoms with van der Waals surface area (Å²) < 4.78 is 26.5. The van der Waals surface area contributed by atoms with E-state index in [-0.39, 0.29) is 10.9 Å². The van der Waals surface area contributed by atoms with E-state index in [4.69, 9.17) is 5.11 Å². The van der Waals surface area contributed by atoms with Crippen molar-refractivity contribution >= 4 is 16.9 Å². The van der Waals surface area contributed by atoms with Gasteiger partial charge in [0.25, 0.3) is 0 Å². The first-order valence-corrected chi connectivity index (χ1v) is 4.08. The van der Waals surface area contributed by atoms with Gasteiger partial charge in [0.15, 0.2) is 17.3 Å². The lowest BCUT2D eigenvalue weighted by atomic mass is 10.2. The number of aromatic carboxylic acids is 1. The molecule has 2 rings (SSSR count). The molecule has 0 amide bonds. The van der Waals surface area contributed by atoms with E-state index in [2.05, 4.69) is 4.98 Å². The van der Waals surface area contributed by atoms with E-state index in [1.54, 1.807) is 6.07 Å². The third-order valence-corrected chi connectivity index (χ3v) is 1.98. The summed E-state index contributed by atoms with van der Waals surface area (Å²) in [5.41, 5.74) is -0.778. The Morgan fingerprint density at radius 1 is 1.20 bits per heavy atom. The van der Waals surface area contributed by atoms with Crippen molar-refractivity contribution in [2.75, 3.05) is 0 Å². The molecule has 0 fully saturated rings. The van der Waals surface area contributed by atoms with E-state index in [1.807, 2.05) is 0 Å². The van der Waals surface area contributed by atoms with Crippen molar-refractivity contribution in [3.8, 4) is 0 Å². The molecule has 1 aromatic carbocycles. The van der Waals surface area contributed by atoms with Crippen molar-refractivity contribution in [3.63, 3.8) is 0 Å². The predicted octanol–water partition coefficient (Wildman–Crippen LogP) is 2.21. The minimum atomic E-state index is -1.59. The third kappa shape index (κ3) is 1.41. The molecular formula is C10H5F2NO2. The normalized spacial score (nSPS) is 10.5. The predicted molar refractivity (Wildman–Crippen MR) is 48.6 cm³/mol. The summed E-state index contributed by atoms with van der Waals surface area (Å²) in [6.07, 6.45) is 0. The van der Waals surface area contributed by atoms with Gasteiger partial charge in [0.1, 0.15) is 0 Å². The molecule has 0 aliphatic rings. The summed E-state index contributed by atoms with van der Waals surface area (Å²) in [6.45, 7) is 0. The number of carbonyl (C=O) groups is 1. The van der Waals surface area contributed by atoms with Gasteiger partial charge in [0.05, 0.1) is 5.52 Å². The third-order valence-electron chi connectivity index (χ3n) is 1.98. The van der Waals surface area contributed by atoms with Crippen molar-refractivity contribution < 1.29 is 18.7 Å².